The fourth-order valence-electron chi connectivity index (χ4n) is 1.63. The van der Waals surface area contributed by atoms with Gasteiger partial charge in [-0.25, -0.2) is 8.78 Å². The van der Waals surface area contributed by atoms with Crippen LogP contribution < -0.4 is 5.73 Å². The molecule has 0 saturated carbocycles. The van der Waals surface area contributed by atoms with Crippen LogP contribution in [-0.2, 0) is 6.42 Å². The molecule has 0 aliphatic rings. The van der Waals surface area contributed by atoms with Gasteiger partial charge in [0.2, 0.25) is 0 Å². The Morgan fingerprint density at radius 1 is 1.27 bits per heavy atom. The van der Waals surface area contributed by atoms with E-state index in [0.717, 1.165) is 6.07 Å². The average molecular weight is 211 g/mol. The van der Waals surface area contributed by atoms with Gasteiger partial charge in [0, 0.05) is 11.6 Å². The Labute approximate surface area is 85.7 Å². The summed E-state index contributed by atoms with van der Waals surface area (Å²) in [5.74, 6) is -1.16. The molecule has 0 fully saturated rings. The second-order valence-corrected chi connectivity index (χ2v) is 3.37. The zero-order valence-electron chi connectivity index (χ0n) is 8.09. The first kappa shape index (κ1) is 10.1. The Morgan fingerprint density at radius 3 is 2.80 bits per heavy atom. The zero-order valence-corrected chi connectivity index (χ0v) is 8.09. The summed E-state index contributed by atoms with van der Waals surface area (Å²) in [5.41, 5.74) is 6.05. The van der Waals surface area contributed by atoms with Gasteiger partial charge in [0.1, 0.15) is 17.2 Å². The zero-order chi connectivity index (χ0) is 10.8. The van der Waals surface area contributed by atoms with E-state index in [1.165, 1.54) is 12.3 Å². The SMILES string of the molecule is NCCCc1c(F)cc(F)c2ccoc12. The first-order chi connectivity index (χ1) is 7.24. The topological polar surface area (TPSA) is 39.2 Å². The smallest absolute Gasteiger partial charge is 0.142 e. The van der Waals surface area contributed by atoms with Gasteiger partial charge in [0.15, 0.2) is 0 Å². The highest BCUT2D eigenvalue weighted by molar-refractivity contribution is 5.81. The lowest BCUT2D eigenvalue weighted by Gasteiger charge is -2.03. The molecular weight excluding hydrogens is 200 g/mol. The molecule has 0 atom stereocenters. The summed E-state index contributed by atoms with van der Waals surface area (Å²) in [7, 11) is 0. The number of nitrogens with two attached hydrogens (primary N) is 1. The molecule has 0 aliphatic carbocycles. The summed E-state index contributed by atoms with van der Waals surface area (Å²) in [5, 5.41) is 0.323. The molecule has 80 valence electrons. The van der Waals surface area contributed by atoms with Crippen LogP contribution in [0.4, 0.5) is 8.78 Å². The summed E-state index contributed by atoms with van der Waals surface area (Å²) in [6, 6.07) is 2.39. The van der Waals surface area contributed by atoms with Gasteiger partial charge < -0.3 is 10.2 Å². The number of aryl methyl sites for hydroxylation is 1. The maximum atomic E-state index is 13.4. The first-order valence-electron chi connectivity index (χ1n) is 4.78. The molecule has 2 nitrogen and oxygen atoms in total. The van der Waals surface area contributed by atoms with Crippen molar-refractivity contribution in [1.82, 2.24) is 0 Å². The van der Waals surface area contributed by atoms with E-state index < -0.39 is 11.6 Å². The largest absolute Gasteiger partial charge is 0.464 e. The summed E-state index contributed by atoms with van der Waals surface area (Å²) in [4.78, 5) is 0. The molecular formula is C11H11F2NO. The van der Waals surface area contributed by atoms with Gasteiger partial charge >= 0.3 is 0 Å². The van der Waals surface area contributed by atoms with Crippen LogP contribution in [0.5, 0.6) is 0 Å². The van der Waals surface area contributed by atoms with Crippen LogP contribution in [0, 0.1) is 11.6 Å². The van der Waals surface area contributed by atoms with Crippen LogP contribution >= 0.6 is 0 Å². The van der Waals surface area contributed by atoms with E-state index in [1.807, 2.05) is 0 Å². The highest BCUT2D eigenvalue weighted by Crippen LogP contribution is 2.26. The second-order valence-electron chi connectivity index (χ2n) is 3.37. The van der Waals surface area contributed by atoms with Crippen molar-refractivity contribution in [2.24, 2.45) is 5.73 Å². The van der Waals surface area contributed by atoms with Crippen molar-refractivity contribution in [2.45, 2.75) is 12.8 Å². The summed E-state index contributed by atoms with van der Waals surface area (Å²) < 4.78 is 31.8. The Morgan fingerprint density at radius 2 is 2.07 bits per heavy atom. The third kappa shape index (κ3) is 1.72. The Balaban J connectivity index is 2.55. The summed E-state index contributed by atoms with van der Waals surface area (Å²) in [6.07, 6.45) is 2.48. The predicted molar refractivity (Wildman–Crippen MR) is 53.5 cm³/mol. The molecule has 1 aromatic heterocycles. The van der Waals surface area contributed by atoms with Crippen molar-refractivity contribution in [3.63, 3.8) is 0 Å². The molecule has 0 unspecified atom stereocenters. The fourth-order valence-corrected chi connectivity index (χ4v) is 1.63. The Bertz CT molecular complexity index is 479. The molecule has 0 radical (unpaired) electrons. The van der Waals surface area contributed by atoms with Crippen molar-refractivity contribution in [2.75, 3.05) is 6.54 Å². The normalized spacial score (nSPS) is 11.1. The number of rotatable bonds is 3. The minimum Gasteiger partial charge on any atom is -0.464 e. The lowest BCUT2D eigenvalue weighted by molar-refractivity contribution is 0.560. The van der Waals surface area contributed by atoms with E-state index in [-0.39, 0.29) is 0 Å². The van der Waals surface area contributed by atoms with Crippen LogP contribution in [-0.4, -0.2) is 6.54 Å². The quantitative estimate of drug-likeness (QED) is 0.847. The van der Waals surface area contributed by atoms with Crippen molar-refractivity contribution < 1.29 is 13.2 Å². The van der Waals surface area contributed by atoms with E-state index in [1.54, 1.807) is 0 Å². The number of hydrogen-bond acceptors (Lipinski definition) is 2. The molecule has 1 heterocycles. The average Bonchev–Trinajstić information content (AvgIpc) is 2.66. The Hall–Kier alpha value is -1.42. The minimum atomic E-state index is -0.590. The van der Waals surface area contributed by atoms with Crippen molar-refractivity contribution in [1.29, 1.82) is 0 Å². The lowest BCUT2D eigenvalue weighted by atomic mass is 10.1. The van der Waals surface area contributed by atoms with Gasteiger partial charge in [-0.05, 0) is 25.5 Å². The van der Waals surface area contributed by atoms with Gasteiger partial charge in [-0.1, -0.05) is 0 Å². The molecule has 1 aromatic carbocycles. The van der Waals surface area contributed by atoms with Crippen molar-refractivity contribution in [3.05, 3.63) is 35.6 Å². The van der Waals surface area contributed by atoms with Crippen molar-refractivity contribution in [3.8, 4) is 0 Å². The number of fused-ring (bicyclic) bond motifs is 1. The molecule has 0 aliphatic heterocycles. The van der Waals surface area contributed by atoms with Gasteiger partial charge in [0.25, 0.3) is 0 Å². The van der Waals surface area contributed by atoms with Gasteiger partial charge in [-0.15, -0.1) is 0 Å². The second kappa shape index (κ2) is 3.98. The van der Waals surface area contributed by atoms with Gasteiger partial charge in [-0.3, -0.25) is 0 Å². The molecule has 4 heteroatoms. The first-order valence-corrected chi connectivity index (χ1v) is 4.78. The molecule has 0 amide bonds. The molecule has 15 heavy (non-hydrogen) atoms. The number of halogens is 2. The lowest BCUT2D eigenvalue weighted by Crippen LogP contribution is -2.02. The Kier molecular flexibility index (Phi) is 2.68. The molecule has 2 aromatic rings. The van der Waals surface area contributed by atoms with Gasteiger partial charge in [0.05, 0.1) is 11.6 Å². The number of hydrogen-bond donors (Lipinski definition) is 1. The number of furan rings is 1. The van der Waals surface area contributed by atoms with Crippen LogP contribution in [0.3, 0.4) is 0 Å². The molecule has 0 bridgehead atoms. The highest BCUT2D eigenvalue weighted by atomic mass is 19.1. The predicted octanol–water partition coefficient (Wildman–Crippen LogP) is 2.60. The van der Waals surface area contributed by atoms with Crippen molar-refractivity contribution >= 4 is 11.0 Å². The summed E-state index contributed by atoms with van der Waals surface area (Å²) in [6.45, 7) is 0.471. The molecule has 0 spiro atoms. The molecule has 0 saturated heterocycles. The van der Waals surface area contributed by atoms with Crippen LogP contribution in [0.15, 0.2) is 22.8 Å². The standard InChI is InChI=1S/C11H11F2NO/c12-9-6-10(13)8-3-5-15-11(8)7(9)2-1-4-14/h3,5-6H,1-2,4,14H2. The maximum Gasteiger partial charge on any atom is 0.142 e. The molecule has 2 rings (SSSR count). The molecule has 2 N–H and O–H groups in total. The fraction of sp³-hybridized carbons (Fsp3) is 0.273. The summed E-state index contributed by atoms with van der Waals surface area (Å²) >= 11 is 0. The number of benzene rings is 1. The minimum absolute atomic E-state index is 0.293. The highest BCUT2D eigenvalue weighted by Gasteiger charge is 2.14. The van der Waals surface area contributed by atoms with Gasteiger partial charge in [-0.2, -0.15) is 0 Å². The third-order valence-corrected chi connectivity index (χ3v) is 2.37. The van der Waals surface area contributed by atoms with Crippen LogP contribution in [0.1, 0.15) is 12.0 Å². The maximum absolute atomic E-state index is 13.4. The van der Waals surface area contributed by atoms with E-state index >= 15 is 0 Å². The van der Waals surface area contributed by atoms with E-state index in [4.69, 9.17) is 10.2 Å². The van der Waals surface area contributed by atoms with Crippen LogP contribution in [0.2, 0.25) is 0 Å². The van der Waals surface area contributed by atoms with Crippen LogP contribution in [0.25, 0.3) is 11.0 Å². The monoisotopic (exact) mass is 211 g/mol. The van der Waals surface area contributed by atoms with E-state index in [9.17, 15) is 8.78 Å². The van der Waals surface area contributed by atoms with E-state index in [0.29, 0.717) is 35.9 Å². The third-order valence-electron chi connectivity index (χ3n) is 2.37. The van der Waals surface area contributed by atoms with E-state index in [2.05, 4.69) is 0 Å².